The number of carbonyl (C=O) groups excluding carboxylic acids is 1. The molecule has 0 aromatic heterocycles. The fourth-order valence-corrected chi connectivity index (χ4v) is 2.59. The molecule has 1 saturated heterocycles. The van der Waals surface area contributed by atoms with Crippen LogP contribution in [0, 0.1) is 0 Å². The second-order valence-electron chi connectivity index (χ2n) is 6.13. The molecule has 2 rings (SSSR count). The number of hydrogen-bond donors (Lipinski definition) is 1. The van der Waals surface area contributed by atoms with E-state index in [1.807, 2.05) is 30.0 Å². The number of nitrogens with zero attached hydrogens (tertiary/aromatic N) is 1. The van der Waals surface area contributed by atoms with Gasteiger partial charge in [0.1, 0.15) is 5.75 Å². The number of ether oxygens (including phenoxy) is 1. The normalized spacial score (nSPS) is 19.5. The first-order valence-electron chi connectivity index (χ1n) is 7.76. The maximum Gasteiger partial charge on any atom is 0.263 e. The van der Waals surface area contributed by atoms with Crippen molar-refractivity contribution in [1.82, 2.24) is 10.2 Å². The van der Waals surface area contributed by atoms with Crippen molar-refractivity contribution in [3.05, 3.63) is 29.8 Å². The Morgan fingerprint density at radius 2 is 2.09 bits per heavy atom. The average molecular weight is 327 g/mol. The molecule has 1 aliphatic rings. The lowest BCUT2D eigenvalue weighted by molar-refractivity contribution is -0.139. The smallest absolute Gasteiger partial charge is 0.263 e. The van der Waals surface area contributed by atoms with Gasteiger partial charge >= 0.3 is 0 Å². The van der Waals surface area contributed by atoms with E-state index >= 15 is 0 Å². The van der Waals surface area contributed by atoms with Crippen LogP contribution in [0.2, 0.25) is 0 Å². The molecule has 0 bridgehead atoms. The minimum Gasteiger partial charge on any atom is -0.481 e. The van der Waals surface area contributed by atoms with Gasteiger partial charge in [-0.2, -0.15) is 0 Å². The van der Waals surface area contributed by atoms with Crippen LogP contribution in [0.3, 0.4) is 0 Å². The molecule has 5 heteroatoms. The van der Waals surface area contributed by atoms with Gasteiger partial charge in [-0.25, -0.2) is 0 Å². The number of amides is 1. The monoisotopic (exact) mass is 326 g/mol. The molecule has 0 saturated carbocycles. The zero-order chi connectivity index (χ0) is 15.4. The lowest BCUT2D eigenvalue weighted by Crippen LogP contribution is -2.54. The summed E-state index contributed by atoms with van der Waals surface area (Å²) < 4.78 is 5.84. The Morgan fingerprint density at radius 1 is 1.36 bits per heavy atom. The molecule has 1 heterocycles. The van der Waals surface area contributed by atoms with Gasteiger partial charge in [0.2, 0.25) is 0 Å². The van der Waals surface area contributed by atoms with Crippen LogP contribution in [0.1, 0.15) is 39.2 Å². The molecule has 1 aliphatic heterocycles. The molecule has 0 aliphatic carbocycles. The van der Waals surface area contributed by atoms with Crippen molar-refractivity contribution in [3.8, 4) is 5.75 Å². The van der Waals surface area contributed by atoms with Crippen molar-refractivity contribution in [3.63, 3.8) is 0 Å². The van der Waals surface area contributed by atoms with Gasteiger partial charge in [0.25, 0.3) is 5.91 Å². The predicted octanol–water partition coefficient (Wildman–Crippen LogP) is 2.82. The van der Waals surface area contributed by atoms with E-state index in [4.69, 9.17) is 4.74 Å². The third kappa shape index (κ3) is 4.89. The third-order valence-electron chi connectivity index (χ3n) is 3.87. The van der Waals surface area contributed by atoms with Gasteiger partial charge in [-0.15, -0.1) is 12.4 Å². The minimum atomic E-state index is -0.447. The summed E-state index contributed by atoms with van der Waals surface area (Å²) in [7, 11) is 0. The van der Waals surface area contributed by atoms with Gasteiger partial charge < -0.3 is 15.0 Å². The molecule has 4 nitrogen and oxygen atoms in total. The largest absolute Gasteiger partial charge is 0.481 e. The SMILES string of the molecule is CC1CN(C(=O)C(C)Oc2cccc(C(C)C)c2)CCN1.Cl. The maximum atomic E-state index is 12.4. The maximum absolute atomic E-state index is 12.4. The van der Waals surface area contributed by atoms with E-state index in [1.165, 1.54) is 5.56 Å². The summed E-state index contributed by atoms with van der Waals surface area (Å²) in [5.41, 5.74) is 1.22. The Hall–Kier alpha value is -1.26. The first kappa shape index (κ1) is 18.8. The van der Waals surface area contributed by atoms with Crippen LogP contribution in [0.4, 0.5) is 0 Å². The lowest BCUT2D eigenvalue weighted by atomic mass is 10.0. The Morgan fingerprint density at radius 3 is 2.73 bits per heavy atom. The highest BCUT2D eigenvalue weighted by atomic mass is 35.5. The van der Waals surface area contributed by atoms with Crippen LogP contribution in [0.25, 0.3) is 0 Å². The van der Waals surface area contributed by atoms with Crippen LogP contribution in [-0.2, 0) is 4.79 Å². The summed E-state index contributed by atoms with van der Waals surface area (Å²) in [6.07, 6.45) is -0.447. The van der Waals surface area contributed by atoms with Crippen molar-refractivity contribution in [2.75, 3.05) is 19.6 Å². The standard InChI is InChI=1S/C17H26N2O2.ClH/c1-12(2)15-6-5-7-16(10-15)21-14(4)17(20)19-9-8-18-13(3)11-19;/h5-7,10,12-14,18H,8-9,11H2,1-4H3;1H. The molecule has 1 N–H and O–H groups in total. The zero-order valence-corrected chi connectivity index (χ0v) is 14.7. The van der Waals surface area contributed by atoms with E-state index < -0.39 is 6.10 Å². The molecule has 1 aromatic rings. The second kappa shape index (κ2) is 8.39. The fourth-order valence-electron chi connectivity index (χ4n) is 2.59. The first-order valence-corrected chi connectivity index (χ1v) is 7.76. The Balaban J connectivity index is 0.00000242. The highest BCUT2D eigenvalue weighted by molar-refractivity contribution is 5.85. The fraction of sp³-hybridized carbons (Fsp3) is 0.588. The summed E-state index contributed by atoms with van der Waals surface area (Å²) in [5.74, 6) is 1.29. The van der Waals surface area contributed by atoms with Gasteiger partial charge in [0.05, 0.1) is 0 Å². The second-order valence-corrected chi connectivity index (χ2v) is 6.13. The predicted molar refractivity (Wildman–Crippen MR) is 91.9 cm³/mol. The average Bonchev–Trinajstić information content (AvgIpc) is 2.46. The topological polar surface area (TPSA) is 41.6 Å². The van der Waals surface area contributed by atoms with Crippen molar-refractivity contribution in [2.24, 2.45) is 0 Å². The van der Waals surface area contributed by atoms with Crippen LogP contribution in [0.5, 0.6) is 5.75 Å². The Labute approximate surface area is 139 Å². The summed E-state index contributed by atoms with van der Waals surface area (Å²) in [4.78, 5) is 14.3. The first-order chi connectivity index (χ1) is 9.97. The molecule has 0 radical (unpaired) electrons. The van der Waals surface area contributed by atoms with Crippen molar-refractivity contribution in [2.45, 2.75) is 45.8 Å². The van der Waals surface area contributed by atoms with Gasteiger partial charge in [0, 0.05) is 25.7 Å². The van der Waals surface area contributed by atoms with Gasteiger partial charge in [0.15, 0.2) is 6.10 Å². The van der Waals surface area contributed by atoms with Crippen LogP contribution in [-0.4, -0.2) is 42.6 Å². The third-order valence-corrected chi connectivity index (χ3v) is 3.87. The molecular formula is C17H27ClN2O2. The number of carbonyl (C=O) groups is 1. The van der Waals surface area contributed by atoms with E-state index in [9.17, 15) is 4.79 Å². The minimum absolute atomic E-state index is 0. The van der Waals surface area contributed by atoms with Crippen LogP contribution in [0.15, 0.2) is 24.3 Å². The number of piperazine rings is 1. The summed E-state index contributed by atoms with van der Waals surface area (Å²) in [6.45, 7) is 10.6. The van der Waals surface area contributed by atoms with E-state index in [1.54, 1.807) is 0 Å². The molecule has 2 unspecified atom stereocenters. The molecule has 22 heavy (non-hydrogen) atoms. The summed E-state index contributed by atoms with van der Waals surface area (Å²) in [6, 6.07) is 8.35. The highest BCUT2D eigenvalue weighted by Gasteiger charge is 2.25. The Kier molecular flexibility index (Phi) is 7.17. The van der Waals surface area contributed by atoms with E-state index in [0.717, 1.165) is 25.4 Å². The van der Waals surface area contributed by atoms with E-state index in [0.29, 0.717) is 12.0 Å². The molecule has 2 atom stereocenters. The lowest BCUT2D eigenvalue weighted by Gasteiger charge is -2.33. The molecule has 1 amide bonds. The van der Waals surface area contributed by atoms with Crippen molar-refractivity contribution < 1.29 is 9.53 Å². The van der Waals surface area contributed by atoms with E-state index in [-0.39, 0.29) is 18.3 Å². The van der Waals surface area contributed by atoms with Crippen LogP contribution >= 0.6 is 12.4 Å². The molecular weight excluding hydrogens is 300 g/mol. The van der Waals surface area contributed by atoms with Gasteiger partial charge in [-0.3, -0.25) is 4.79 Å². The van der Waals surface area contributed by atoms with Gasteiger partial charge in [-0.1, -0.05) is 26.0 Å². The van der Waals surface area contributed by atoms with Gasteiger partial charge in [-0.05, 0) is 37.5 Å². The number of hydrogen-bond acceptors (Lipinski definition) is 3. The van der Waals surface area contributed by atoms with Crippen LogP contribution < -0.4 is 10.1 Å². The number of rotatable bonds is 4. The van der Waals surface area contributed by atoms with Crippen molar-refractivity contribution >= 4 is 18.3 Å². The molecule has 1 aromatic carbocycles. The number of nitrogens with one attached hydrogen (secondary N) is 1. The number of halogens is 1. The quantitative estimate of drug-likeness (QED) is 0.925. The Bertz CT molecular complexity index is 493. The summed E-state index contributed by atoms with van der Waals surface area (Å²) in [5, 5.41) is 3.34. The molecule has 124 valence electrons. The molecule has 1 fully saturated rings. The van der Waals surface area contributed by atoms with Crippen molar-refractivity contribution in [1.29, 1.82) is 0 Å². The number of benzene rings is 1. The van der Waals surface area contributed by atoms with E-state index in [2.05, 4.69) is 32.2 Å². The summed E-state index contributed by atoms with van der Waals surface area (Å²) >= 11 is 0. The highest BCUT2D eigenvalue weighted by Crippen LogP contribution is 2.21. The zero-order valence-electron chi connectivity index (χ0n) is 13.8. The molecule has 0 spiro atoms.